The second-order valence-electron chi connectivity index (χ2n) is 7.84. The summed E-state index contributed by atoms with van der Waals surface area (Å²) in [4.78, 5) is 4.78. The highest BCUT2D eigenvalue weighted by molar-refractivity contribution is 6.30. The Morgan fingerprint density at radius 2 is 1.55 bits per heavy atom. The monoisotopic (exact) mass is 434 g/mol. The Kier molecular flexibility index (Phi) is 6.78. The Labute approximate surface area is 188 Å². The summed E-state index contributed by atoms with van der Waals surface area (Å²) in [6.07, 6.45) is 0.875. The predicted octanol–water partition coefficient (Wildman–Crippen LogP) is 6.86. The van der Waals surface area contributed by atoms with Gasteiger partial charge < -0.3 is 14.0 Å². The van der Waals surface area contributed by atoms with Crippen LogP contribution in [0.15, 0.2) is 72.8 Å². The number of fused-ring (bicyclic) bond motifs is 1. The van der Waals surface area contributed by atoms with E-state index in [9.17, 15) is 0 Å². The molecule has 0 bridgehead atoms. The second kappa shape index (κ2) is 9.88. The third-order valence-electron chi connectivity index (χ3n) is 5.26. The molecule has 0 aliphatic carbocycles. The van der Waals surface area contributed by atoms with E-state index in [4.69, 9.17) is 26.1 Å². The molecule has 3 aromatic carbocycles. The predicted molar refractivity (Wildman–Crippen MR) is 126 cm³/mol. The summed E-state index contributed by atoms with van der Waals surface area (Å²) >= 11 is 5.96. The fourth-order valence-electron chi connectivity index (χ4n) is 3.53. The smallest absolute Gasteiger partial charge is 0.147 e. The molecule has 0 saturated carbocycles. The maximum Gasteiger partial charge on any atom is 0.147 e. The highest BCUT2D eigenvalue weighted by Gasteiger charge is 2.11. The van der Waals surface area contributed by atoms with Crippen molar-refractivity contribution in [3.05, 3.63) is 89.2 Å². The van der Waals surface area contributed by atoms with Crippen molar-refractivity contribution in [1.29, 1.82) is 0 Å². The molecule has 0 fully saturated rings. The van der Waals surface area contributed by atoms with Gasteiger partial charge in [0.1, 0.15) is 23.9 Å². The number of rotatable bonds is 9. The molecule has 0 aliphatic rings. The standard InChI is InChI=1S/C26H27ClN2O2/c1-19(2)20-8-12-22(13-9-20)30-17-5-16-29-25-7-4-3-6-24(25)28-26(29)18-31-23-14-10-21(27)11-15-23/h3-4,6-15,19H,5,16-18H2,1-2H3. The SMILES string of the molecule is CC(C)c1ccc(OCCCn2c(COc3ccc(Cl)cc3)nc3ccccc32)cc1. The Hall–Kier alpha value is -2.98. The third-order valence-corrected chi connectivity index (χ3v) is 5.51. The third kappa shape index (κ3) is 5.39. The normalized spacial score (nSPS) is 11.2. The maximum atomic E-state index is 5.96. The fourth-order valence-corrected chi connectivity index (χ4v) is 3.65. The maximum absolute atomic E-state index is 5.96. The summed E-state index contributed by atoms with van der Waals surface area (Å²) < 4.78 is 14.1. The van der Waals surface area contributed by atoms with Crippen molar-refractivity contribution < 1.29 is 9.47 Å². The van der Waals surface area contributed by atoms with Crippen LogP contribution in [0.1, 0.15) is 37.6 Å². The van der Waals surface area contributed by atoms with Gasteiger partial charge in [0.25, 0.3) is 0 Å². The van der Waals surface area contributed by atoms with Crippen molar-refractivity contribution in [3.63, 3.8) is 0 Å². The average Bonchev–Trinajstić information content (AvgIpc) is 3.14. The molecule has 4 rings (SSSR count). The van der Waals surface area contributed by atoms with Gasteiger partial charge in [-0.05, 0) is 66.4 Å². The minimum absolute atomic E-state index is 0.397. The topological polar surface area (TPSA) is 36.3 Å². The summed E-state index contributed by atoms with van der Waals surface area (Å²) in [5.41, 5.74) is 3.41. The van der Waals surface area contributed by atoms with E-state index in [1.165, 1.54) is 5.56 Å². The van der Waals surface area contributed by atoms with Crippen LogP contribution in [-0.4, -0.2) is 16.2 Å². The zero-order chi connectivity index (χ0) is 21.6. The van der Waals surface area contributed by atoms with Crippen LogP contribution < -0.4 is 9.47 Å². The van der Waals surface area contributed by atoms with Gasteiger partial charge in [0.2, 0.25) is 0 Å². The Bertz CT molecular complexity index is 1120. The molecule has 1 heterocycles. The molecule has 0 N–H and O–H groups in total. The van der Waals surface area contributed by atoms with E-state index < -0.39 is 0 Å². The molecular formula is C26H27ClN2O2. The fraction of sp³-hybridized carbons (Fsp3) is 0.269. The Morgan fingerprint density at radius 3 is 2.29 bits per heavy atom. The van der Waals surface area contributed by atoms with Crippen molar-refractivity contribution in [2.75, 3.05) is 6.61 Å². The quantitative estimate of drug-likeness (QED) is 0.270. The molecule has 31 heavy (non-hydrogen) atoms. The summed E-state index contributed by atoms with van der Waals surface area (Å²) in [6, 6.07) is 23.9. The van der Waals surface area contributed by atoms with Crippen molar-refractivity contribution >= 4 is 22.6 Å². The van der Waals surface area contributed by atoms with Crippen LogP contribution in [0.2, 0.25) is 5.02 Å². The molecule has 4 aromatic rings. The number of para-hydroxylation sites is 2. The number of nitrogens with zero attached hydrogens (tertiary/aromatic N) is 2. The Morgan fingerprint density at radius 1 is 0.871 bits per heavy atom. The number of imidazole rings is 1. The molecule has 5 heteroatoms. The molecule has 0 aliphatic heterocycles. The summed E-state index contributed by atoms with van der Waals surface area (Å²) in [7, 11) is 0. The number of aromatic nitrogens is 2. The zero-order valence-corrected chi connectivity index (χ0v) is 18.7. The Balaban J connectivity index is 1.40. The zero-order valence-electron chi connectivity index (χ0n) is 17.9. The lowest BCUT2D eigenvalue weighted by Gasteiger charge is -2.12. The molecule has 1 aromatic heterocycles. The first-order chi connectivity index (χ1) is 15.1. The van der Waals surface area contributed by atoms with Crippen LogP contribution in [0.4, 0.5) is 0 Å². The first kappa shape index (κ1) is 21.3. The van der Waals surface area contributed by atoms with E-state index in [1.54, 1.807) is 0 Å². The first-order valence-corrected chi connectivity index (χ1v) is 11.0. The average molecular weight is 435 g/mol. The van der Waals surface area contributed by atoms with Crippen molar-refractivity contribution in [1.82, 2.24) is 9.55 Å². The molecule has 160 valence electrons. The highest BCUT2D eigenvalue weighted by atomic mass is 35.5. The largest absolute Gasteiger partial charge is 0.494 e. The molecule has 0 radical (unpaired) electrons. The van der Waals surface area contributed by atoms with Crippen molar-refractivity contribution in [2.24, 2.45) is 0 Å². The molecule has 0 amide bonds. The van der Waals surface area contributed by atoms with Crippen molar-refractivity contribution in [3.8, 4) is 11.5 Å². The van der Waals surface area contributed by atoms with Crippen LogP contribution in [-0.2, 0) is 13.2 Å². The van der Waals surface area contributed by atoms with E-state index in [2.05, 4.69) is 36.6 Å². The van der Waals surface area contributed by atoms with Crippen LogP contribution >= 0.6 is 11.6 Å². The van der Waals surface area contributed by atoms with Crippen LogP contribution in [0.25, 0.3) is 11.0 Å². The van der Waals surface area contributed by atoms with Gasteiger partial charge in [-0.1, -0.05) is 49.7 Å². The number of hydrogen-bond donors (Lipinski definition) is 0. The number of ether oxygens (including phenoxy) is 2. The molecule has 4 nitrogen and oxygen atoms in total. The van der Waals surface area contributed by atoms with E-state index >= 15 is 0 Å². The molecule has 0 unspecified atom stereocenters. The van der Waals surface area contributed by atoms with Crippen LogP contribution in [0.3, 0.4) is 0 Å². The van der Waals surface area contributed by atoms with Gasteiger partial charge in [-0.3, -0.25) is 0 Å². The summed E-state index contributed by atoms with van der Waals surface area (Å²) in [6.45, 7) is 6.24. The number of hydrogen-bond acceptors (Lipinski definition) is 3. The van der Waals surface area contributed by atoms with Gasteiger partial charge in [-0.25, -0.2) is 4.98 Å². The number of halogens is 1. The minimum Gasteiger partial charge on any atom is -0.494 e. The molecule has 0 saturated heterocycles. The second-order valence-corrected chi connectivity index (χ2v) is 8.27. The van der Waals surface area contributed by atoms with Gasteiger partial charge >= 0.3 is 0 Å². The molecule has 0 spiro atoms. The minimum atomic E-state index is 0.397. The lowest BCUT2D eigenvalue weighted by molar-refractivity contribution is 0.280. The lowest BCUT2D eigenvalue weighted by Crippen LogP contribution is -2.10. The lowest BCUT2D eigenvalue weighted by atomic mass is 10.0. The summed E-state index contributed by atoms with van der Waals surface area (Å²) in [5.74, 6) is 3.11. The van der Waals surface area contributed by atoms with Gasteiger partial charge in [0.15, 0.2) is 0 Å². The van der Waals surface area contributed by atoms with Crippen LogP contribution in [0, 0.1) is 0 Å². The van der Waals surface area contributed by atoms with E-state index in [1.807, 2.05) is 54.6 Å². The van der Waals surface area contributed by atoms with Gasteiger partial charge in [0, 0.05) is 11.6 Å². The van der Waals surface area contributed by atoms with E-state index in [0.29, 0.717) is 24.2 Å². The first-order valence-electron chi connectivity index (χ1n) is 10.7. The van der Waals surface area contributed by atoms with E-state index in [0.717, 1.165) is 41.3 Å². The number of aryl methyl sites for hydroxylation is 1. The van der Waals surface area contributed by atoms with E-state index in [-0.39, 0.29) is 0 Å². The summed E-state index contributed by atoms with van der Waals surface area (Å²) in [5, 5.41) is 0.693. The molecule has 0 atom stereocenters. The van der Waals surface area contributed by atoms with Gasteiger partial charge in [0.05, 0.1) is 17.6 Å². The van der Waals surface area contributed by atoms with Crippen molar-refractivity contribution in [2.45, 2.75) is 39.3 Å². The van der Waals surface area contributed by atoms with Crippen LogP contribution in [0.5, 0.6) is 11.5 Å². The van der Waals surface area contributed by atoms with Gasteiger partial charge in [-0.15, -0.1) is 0 Å². The number of benzene rings is 3. The van der Waals surface area contributed by atoms with Gasteiger partial charge in [-0.2, -0.15) is 0 Å². The molecular weight excluding hydrogens is 408 g/mol. The highest BCUT2D eigenvalue weighted by Crippen LogP contribution is 2.21.